The van der Waals surface area contributed by atoms with Crippen molar-refractivity contribution in [3.05, 3.63) is 18.2 Å². The second kappa shape index (κ2) is 9.35. The van der Waals surface area contributed by atoms with E-state index in [-0.39, 0.29) is 5.41 Å². The number of carbonyl (C=O) groups is 2. The Morgan fingerprint density at radius 1 is 1.10 bits per heavy atom. The van der Waals surface area contributed by atoms with Crippen LogP contribution in [0.3, 0.4) is 0 Å². The number of halogens is 4. The van der Waals surface area contributed by atoms with Gasteiger partial charge in [-0.15, -0.1) is 0 Å². The average Bonchev–Trinajstić information content (AvgIpc) is 3.34. The number of carboxylic acid groups (broad SMARTS) is 1. The molecule has 7 nitrogen and oxygen atoms in total. The summed E-state index contributed by atoms with van der Waals surface area (Å²) in [7, 11) is 0. The molecule has 0 atom stereocenters. The molecule has 1 aliphatic carbocycles. The van der Waals surface area contributed by atoms with E-state index in [4.69, 9.17) is 9.90 Å². The van der Waals surface area contributed by atoms with E-state index in [0.29, 0.717) is 11.9 Å². The van der Waals surface area contributed by atoms with Crippen molar-refractivity contribution in [2.75, 3.05) is 31.1 Å². The predicted octanol–water partition coefficient (Wildman–Crippen LogP) is 3.26. The smallest absolute Gasteiger partial charge is 0.475 e. The number of carboxylic acids is 1. The number of aromatic nitrogens is 2. The van der Waals surface area contributed by atoms with Gasteiger partial charge in [0, 0.05) is 26.2 Å². The van der Waals surface area contributed by atoms with Crippen LogP contribution in [0.4, 0.5) is 23.5 Å². The molecule has 172 valence electrons. The Labute approximate surface area is 177 Å². The number of hydrogen-bond acceptors (Lipinski definition) is 5. The van der Waals surface area contributed by atoms with Crippen LogP contribution in [-0.2, 0) is 9.59 Å². The fourth-order valence-electron chi connectivity index (χ4n) is 4.64. The molecule has 2 aliphatic heterocycles. The van der Waals surface area contributed by atoms with Crippen molar-refractivity contribution >= 4 is 17.8 Å². The molecule has 4 rings (SSSR count). The second-order valence-electron chi connectivity index (χ2n) is 8.42. The van der Waals surface area contributed by atoms with Crippen molar-refractivity contribution in [2.45, 2.75) is 51.1 Å². The van der Waals surface area contributed by atoms with Crippen LogP contribution in [0.5, 0.6) is 0 Å². The molecule has 3 fully saturated rings. The average molecular weight is 446 g/mol. The van der Waals surface area contributed by atoms with Crippen molar-refractivity contribution in [3.63, 3.8) is 0 Å². The molecule has 1 aromatic rings. The highest BCUT2D eigenvalue weighted by molar-refractivity contribution is 5.85. The van der Waals surface area contributed by atoms with Gasteiger partial charge in [-0.2, -0.15) is 13.2 Å². The summed E-state index contributed by atoms with van der Waals surface area (Å²) in [5, 5.41) is 7.12. The van der Waals surface area contributed by atoms with Crippen LogP contribution in [0, 0.1) is 17.2 Å². The molecule has 0 aromatic carbocycles. The van der Waals surface area contributed by atoms with Crippen molar-refractivity contribution < 1.29 is 32.3 Å². The molecule has 0 radical (unpaired) electrons. The van der Waals surface area contributed by atoms with Crippen molar-refractivity contribution in [3.8, 4) is 0 Å². The van der Waals surface area contributed by atoms with Crippen LogP contribution >= 0.6 is 0 Å². The maximum absolute atomic E-state index is 13.0. The number of likely N-dealkylation sites (tertiary alicyclic amines) is 1. The zero-order valence-electron chi connectivity index (χ0n) is 17.1. The fourth-order valence-corrected chi connectivity index (χ4v) is 4.64. The van der Waals surface area contributed by atoms with Crippen LogP contribution in [0.15, 0.2) is 12.4 Å². The lowest BCUT2D eigenvalue weighted by Crippen LogP contribution is -2.45. The number of rotatable bonds is 3. The van der Waals surface area contributed by atoms with Crippen molar-refractivity contribution in [1.29, 1.82) is 0 Å². The van der Waals surface area contributed by atoms with Crippen LogP contribution in [0.1, 0.15) is 44.9 Å². The molecular weight excluding hydrogens is 420 g/mol. The predicted molar refractivity (Wildman–Crippen MR) is 103 cm³/mol. The summed E-state index contributed by atoms with van der Waals surface area (Å²) < 4.78 is 44.7. The molecule has 3 heterocycles. The maximum Gasteiger partial charge on any atom is 0.490 e. The normalized spacial score (nSPS) is 21.4. The molecular formula is C20H26F4N4O3. The van der Waals surface area contributed by atoms with Gasteiger partial charge >= 0.3 is 12.1 Å². The van der Waals surface area contributed by atoms with Crippen molar-refractivity contribution in [2.24, 2.45) is 11.3 Å². The third kappa shape index (κ3) is 5.62. The Hall–Kier alpha value is -2.46. The Bertz CT molecular complexity index is 774. The number of aliphatic carboxylic acids is 1. The summed E-state index contributed by atoms with van der Waals surface area (Å²) in [4.78, 5) is 34.2. The summed E-state index contributed by atoms with van der Waals surface area (Å²) in [5.74, 6) is -1.52. The van der Waals surface area contributed by atoms with Crippen molar-refractivity contribution in [1.82, 2.24) is 14.9 Å². The van der Waals surface area contributed by atoms with Gasteiger partial charge in [0.05, 0.1) is 17.8 Å². The van der Waals surface area contributed by atoms with Gasteiger partial charge in [0.2, 0.25) is 11.9 Å². The lowest BCUT2D eigenvalue weighted by Gasteiger charge is -2.38. The first-order valence-electron chi connectivity index (χ1n) is 10.4. The first-order chi connectivity index (χ1) is 14.6. The van der Waals surface area contributed by atoms with Gasteiger partial charge in [0.15, 0.2) is 5.82 Å². The Kier molecular flexibility index (Phi) is 7.00. The monoisotopic (exact) mass is 446 g/mol. The molecule has 3 aliphatic rings. The van der Waals surface area contributed by atoms with Crippen LogP contribution in [0.2, 0.25) is 0 Å². The number of amides is 1. The maximum atomic E-state index is 13.0. The summed E-state index contributed by atoms with van der Waals surface area (Å²) >= 11 is 0. The van der Waals surface area contributed by atoms with E-state index < -0.39 is 18.0 Å². The zero-order chi connectivity index (χ0) is 22.6. The number of carbonyl (C=O) groups excluding carboxylic acids is 1. The zero-order valence-corrected chi connectivity index (χ0v) is 17.1. The number of anilines is 1. The van der Waals surface area contributed by atoms with Crippen LogP contribution in [0.25, 0.3) is 0 Å². The first kappa shape index (κ1) is 23.2. The van der Waals surface area contributed by atoms with Gasteiger partial charge in [0.25, 0.3) is 0 Å². The lowest BCUT2D eigenvalue weighted by molar-refractivity contribution is -0.192. The largest absolute Gasteiger partial charge is 0.490 e. The van der Waals surface area contributed by atoms with E-state index in [0.717, 1.165) is 51.4 Å². The Morgan fingerprint density at radius 3 is 2.13 bits per heavy atom. The number of piperidine rings is 1. The Morgan fingerprint density at radius 2 is 1.61 bits per heavy atom. The van der Waals surface area contributed by atoms with E-state index in [9.17, 15) is 22.4 Å². The molecule has 0 unspecified atom stereocenters. The molecule has 11 heteroatoms. The Balaban J connectivity index is 0.000000339. The molecule has 1 amide bonds. The minimum absolute atomic E-state index is 0.171. The van der Waals surface area contributed by atoms with Crippen LogP contribution < -0.4 is 4.90 Å². The van der Waals surface area contributed by atoms with Gasteiger partial charge < -0.3 is 14.9 Å². The summed E-state index contributed by atoms with van der Waals surface area (Å²) in [6.07, 6.45) is 5.24. The van der Waals surface area contributed by atoms with Gasteiger partial charge in [-0.3, -0.25) is 4.79 Å². The van der Waals surface area contributed by atoms with Crippen LogP contribution in [-0.4, -0.2) is 64.2 Å². The van der Waals surface area contributed by atoms with Gasteiger partial charge in [-0.25, -0.2) is 19.2 Å². The van der Waals surface area contributed by atoms with Gasteiger partial charge in [0.1, 0.15) is 0 Å². The minimum atomic E-state index is -5.08. The number of nitrogens with zero attached hydrogens (tertiary/aromatic N) is 4. The summed E-state index contributed by atoms with van der Waals surface area (Å²) in [6, 6.07) is 0. The van der Waals surface area contributed by atoms with Gasteiger partial charge in [-0.1, -0.05) is 12.8 Å². The SMILES string of the molecule is O=C(O)C(F)(F)F.O=C1N(CC2CCCC2)CCC12CCN(c1ncc(F)cn1)CC2. The highest BCUT2D eigenvalue weighted by Crippen LogP contribution is 2.42. The topological polar surface area (TPSA) is 86.6 Å². The standard InChI is InChI=1S/C18H25FN4O.C2HF3O2/c19-15-11-20-17(21-12-15)22-8-5-18(6-9-22)7-10-23(16(18)24)13-14-3-1-2-4-14;3-2(4,5)1(6)7/h11-12,14H,1-10,13H2;(H,6,7). The molecule has 1 aromatic heterocycles. The van der Waals surface area contributed by atoms with E-state index >= 15 is 0 Å². The molecule has 1 spiro atoms. The molecule has 0 bridgehead atoms. The molecule has 31 heavy (non-hydrogen) atoms. The highest BCUT2D eigenvalue weighted by atomic mass is 19.4. The van der Waals surface area contributed by atoms with E-state index in [1.807, 2.05) is 0 Å². The number of hydrogen-bond donors (Lipinski definition) is 1. The third-order valence-corrected chi connectivity index (χ3v) is 6.41. The highest BCUT2D eigenvalue weighted by Gasteiger charge is 2.48. The number of alkyl halides is 3. The minimum Gasteiger partial charge on any atom is -0.475 e. The second-order valence-corrected chi connectivity index (χ2v) is 8.42. The van der Waals surface area contributed by atoms with Gasteiger partial charge in [-0.05, 0) is 38.0 Å². The van der Waals surface area contributed by atoms with E-state index in [2.05, 4.69) is 19.8 Å². The summed E-state index contributed by atoms with van der Waals surface area (Å²) in [6.45, 7) is 3.43. The quantitative estimate of drug-likeness (QED) is 0.718. The lowest BCUT2D eigenvalue weighted by atomic mass is 9.77. The molecule has 2 saturated heterocycles. The third-order valence-electron chi connectivity index (χ3n) is 6.41. The molecule has 1 N–H and O–H groups in total. The van der Waals surface area contributed by atoms with E-state index in [1.54, 1.807) is 0 Å². The first-order valence-corrected chi connectivity index (χ1v) is 10.4. The molecule has 1 saturated carbocycles. The van der Waals surface area contributed by atoms with E-state index in [1.165, 1.54) is 38.1 Å². The fraction of sp³-hybridized carbons (Fsp3) is 0.700. The summed E-state index contributed by atoms with van der Waals surface area (Å²) in [5.41, 5.74) is -0.171.